The summed E-state index contributed by atoms with van der Waals surface area (Å²) in [5.41, 5.74) is 3.10. The Morgan fingerprint density at radius 3 is 1.83 bits per heavy atom. The zero-order valence-electron chi connectivity index (χ0n) is 19.5. The van der Waals surface area contributed by atoms with Gasteiger partial charge in [0.15, 0.2) is 0 Å². The van der Waals surface area contributed by atoms with Crippen molar-refractivity contribution in [2.75, 3.05) is 10.6 Å². The van der Waals surface area contributed by atoms with Crippen molar-refractivity contribution >= 4 is 29.1 Å². The van der Waals surface area contributed by atoms with Crippen molar-refractivity contribution in [2.45, 2.75) is 13.0 Å². The van der Waals surface area contributed by atoms with Gasteiger partial charge in [-0.2, -0.15) is 0 Å². The number of hydrogen-bond donors (Lipinski definition) is 3. The number of anilines is 2. The maximum absolute atomic E-state index is 13.1. The summed E-state index contributed by atoms with van der Waals surface area (Å²) in [5.74, 6) is -1.37. The molecule has 0 aliphatic carbocycles. The third-order valence-electron chi connectivity index (χ3n) is 5.52. The van der Waals surface area contributed by atoms with Crippen LogP contribution < -0.4 is 16.0 Å². The van der Waals surface area contributed by atoms with Crippen LogP contribution in [0.1, 0.15) is 49.6 Å². The van der Waals surface area contributed by atoms with Gasteiger partial charge < -0.3 is 16.0 Å². The van der Waals surface area contributed by atoms with Crippen LogP contribution in [0.2, 0.25) is 0 Å². The Labute approximate surface area is 208 Å². The van der Waals surface area contributed by atoms with E-state index in [1.54, 1.807) is 54.6 Å². The molecule has 0 aliphatic rings. The van der Waals surface area contributed by atoms with Crippen LogP contribution in [-0.2, 0) is 0 Å². The van der Waals surface area contributed by atoms with Gasteiger partial charge in [-0.25, -0.2) is 4.39 Å². The van der Waals surface area contributed by atoms with Crippen LogP contribution in [0, 0.1) is 5.82 Å². The first kappa shape index (κ1) is 24.3. The number of carbonyl (C=O) groups is 3. The predicted molar refractivity (Wildman–Crippen MR) is 138 cm³/mol. The monoisotopic (exact) mass is 481 g/mol. The summed E-state index contributed by atoms with van der Waals surface area (Å²) in [7, 11) is 0. The lowest BCUT2D eigenvalue weighted by atomic mass is 10.1. The van der Waals surface area contributed by atoms with Gasteiger partial charge in [0.2, 0.25) is 0 Å². The van der Waals surface area contributed by atoms with Crippen LogP contribution in [0.25, 0.3) is 0 Å². The van der Waals surface area contributed by atoms with E-state index < -0.39 is 11.7 Å². The molecule has 0 aromatic heterocycles. The van der Waals surface area contributed by atoms with Crippen LogP contribution >= 0.6 is 0 Å². The highest BCUT2D eigenvalue weighted by Gasteiger charge is 2.14. The minimum Gasteiger partial charge on any atom is -0.346 e. The van der Waals surface area contributed by atoms with Crippen molar-refractivity contribution in [2.24, 2.45) is 0 Å². The van der Waals surface area contributed by atoms with Crippen LogP contribution in [-0.4, -0.2) is 17.7 Å². The summed E-state index contributed by atoms with van der Waals surface area (Å²) in [6.45, 7) is 1.84. The molecule has 6 nitrogen and oxygen atoms in total. The quantitative estimate of drug-likeness (QED) is 0.311. The highest BCUT2D eigenvalue weighted by molar-refractivity contribution is 6.05. The summed E-state index contributed by atoms with van der Waals surface area (Å²) < 4.78 is 13.1. The number of rotatable bonds is 7. The SMILES string of the molecule is C[C@@H](NC(=O)c1cccc(NC(=O)c2ccc(F)cc2)c1)c1cccc(NC(=O)c2ccccc2)c1. The molecule has 0 saturated heterocycles. The third kappa shape index (κ3) is 6.21. The second-order valence-corrected chi connectivity index (χ2v) is 8.18. The largest absolute Gasteiger partial charge is 0.346 e. The van der Waals surface area contributed by atoms with Crippen LogP contribution in [0.15, 0.2) is 103 Å². The fraction of sp³-hybridized carbons (Fsp3) is 0.0690. The first-order chi connectivity index (χ1) is 17.4. The fourth-order valence-electron chi connectivity index (χ4n) is 3.58. The number of halogens is 1. The lowest BCUT2D eigenvalue weighted by molar-refractivity contribution is 0.0938. The van der Waals surface area contributed by atoms with E-state index in [1.165, 1.54) is 24.3 Å². The molecule has 0 spiro atoms. The molecule has 0 radical (unpaired) electrons. The molecule has 4 rings (SSSR count). The molecule has 4 aromatic rings. The van der Waals surface area contributed by atoms with Crippen molar-refractivity contribution in [3.05, 3.63) is 131 Å². The number of carbonyl (C=O) groups excluding carboxylic acids is 3. The summed E-state index contributed by atoms with van der Waals surface area (Å²) >= 11 is 0. The smallest absolute Gasteiger partial charge is 0.255 e. The van der Waals surface area contributed by atoms with Crippen molar-refractivity contribution in [1.82, 2.24) is 5.32 Å². The van der Waals surface area contributed by atoms with Gasteiger partial charge in [-0.1, -0.05) is 36.4 Å². The number of benzene rings is 4. The van der Waals surface area contributed by atoms with Crippen LogP contribution in [0.5, 0.6) is 0 Å². The van der Waals surface area contributed by atoms with E-state index in [-0.39, 0.29) is 17.9 Å². The number of nitrogens with one attached hydrogen (secondary N) is 3. The molecular formula is C29H24FN3O3. The standard InChI is InChI=1S/C29H24FN3O3/c1-19(22-9-5-11-25(17-22)32-27(34)20-7-3-2-4-8-20)31-29(36)23-10-6-12-26(18-23)33-28(35)21-13-15-24(30)16-14-21/h2-19H,1H3,(H,31,36)(H,32,34)(H,33,35)/t19-/m1/s1. The van der Waals surface area contributed by atoms with Crippen molar-refractivity contribution in [1.29, 1.82) is 0 Å². The zero-order chi connectivity index (χ0) is 25.5. The molecule has 3 N–H and O–H groups in total. The van der Waals surface area contributed by atoms with E-state index >= 15 is 0 Å². The predicted octanol–water partition coefficient (Wildman–Crippen LogP) is 5.82. The highest BCUT2D eigenvalue weighted by Crippen LogP contribution is 2.20. The Hall–Kier alpha value is -4.78. The molecule has 3 amide bonds. The second kappa shape index (κ2) is 11.1. The molecular weight excluding hydrogens is 457 g/mol. The molecule has 180 valence electrons. The zero-order valence-corrected chi connectivity index (χ0v) is 19.5. The van der Waals surface area contributed by atoms with E-state index in [1.807, 2.05) is 31.2 Å². The molecule has 0 aliphatic heterocycles. The van der Waals surface area contributed by atoms with Gasteiger partial charge >= 0.3 is 0 Å². The summed E-state index contributed by atoms with van der Waals surface area (Å²) in [5, 5.41) is 8.52. The molecule has 0 heterocycles. The topological polar surface area (TPSA) is 87.3 Å². The highest BCUT2D eigenvalue weighted by atomic mass is 19.1. The number of amides is 3. The lowest BCUT2D eigenvalue weighted by Gasteiger charge is -2.16. The molecule has 0 saturated carbocycles. The molecule has 0 fully saturated rings. The fourth-order valence-corrected chi connectivity index (χ4v) is 3.58. The average molecular weight is 482 g/mol. The third-order valence-corrected chi connectivity index (χ3v) is 5.52. The Morgan fingerprint density at radius 1 is 0.611 bits per heavy atom. The molecule has 0 bridgehead atoms. The van der Waals surface area contributed by atoms with Gasteiger partial charge in [-0.15, -0.1) is 0 Å². The Kier molecular flexibility index (Phi) is 7.51. The van der Waals surface area contributed by atoms with Gasteiger partial charge in [0.1, 0.15) is 5.82 Å². The average Bonchev–Trinajstić information content (AvgIpc) is 2.89. The lowest BCUT2D eigenvalue weighted by Crippen LogP contribution is -2.27. The molecule has 1 atom stereocenters. The number of hydrogen-bond acceptors (Lipinski definition) is 3. The van der Waals surface area contributed by atoms with E-state index in [2.05, 4.69) is 16.0 Å². The van der Waals surface area contributed by atoms with Crippen molar-refractivity contribution < 1.29 is 18.8 Å². The van der Waals surface area contributed by atoms with Gasteiger partial charge in [0.25, 0.3) is 17.7 Å². The molecule has 36 heavy (non-hydrogen) atoms. The van der Waals surface area contributed by atoms with Crippen molar-refractivity contribution in [3.8, 4) is 0 Å². The van der Waals surface area contributed by atoms with Gasteiger partial charge in [0, 0.05) is 28.1 Å². The Bertz CT molecular complexity index is 1390. The summed E-state index contributed by atoms with van der Waals surface area (Å²) in [4.78, 5) is 37.7. The first-order valence-corrected chi connectivity index (χ1v) is 11.3. The van der Waals surface area contributed by atoms with Crippen LogP contribution in [0.4, 0.5) is 15.8 Å². The summed E-state index contributed by atoms with van der Waals surface area (Å²) in [6.07, 6.45) is 0. The Balaban J connectivity index is 1.40. The normalized spacial score (nSPS) is 11.3. The van der Waals surface area contributed by atoms with E-state index in [4.69, 9.17) is 0 Å². The molecule has 0 unspecified atom stereocenters. The first-order valence-electron chi connectivity index (χ1n) is 11.3. The second-order valence-electron chi connectivity index (χ2n) is 8.18. The van der Waals surface area contributed by atoms with Gasteiger partial charge in [0.05, 0.1) is 6.04 Å². The van der Waals surface area contributed by atoms with Crippen molar-refractivity contribution in [3.63, 3.8) is 0 Å². The maximum Gasteiger partial charge on any atom is 0.255 e. The summed E-state index contributed by atoms with van der Waals surface area (Å²) in [6, 6.07) is 27.6. The Morgan fingerprint density at radius 2 is 1.17 bits per heavy atom. The van der Waals surface area contributed by atoms with E-state index in [0.29, 0.717) is 28.1 Å². The minimum absolute atomic E-state index is 0.219. The van der Waals surface area contributed by atoms with Crippen LogP contribution in [0.3, 0.4) is 0 Å². The van der Waals surface area contributed by atoms with Gasteiger partial charge in [-0.3, -0.25) is 14.4 Å². The van der Waals surface area contributed by atoms with E-state index in [9.17, 15) is 18.8 Å². The maximum atomic E-state index is 13.1. The molecule has 7 heteroatoms. The van der Waals surface area contributed by atoms with E-state index in [0.717, 1.165) is 5.56 Å². The van der Waals surface area contributed by atoms with Gasteiger partial charge in [-0.05, 0) is 79.2 Å². The minimum atomic E-state index is -0.427. The molecule has 4 aromatic carbocycles.